The predicted molar refractivity (Wildman–Crippen MR) is 107 cm³/mol. The van der Waals surface area contributed by atoms with Crippen LogP contribution in [-0.2, 0) is 6.54 Å². The summed E-state index contributed by atoms with van der Waals surface area (Å²) >= 11 is 0. The Labute approximate surface area is 167 Å². The van der Waals surface area contributed by atoms with E-state index in [-0.39, 0.29) is 11.8 Å². The van der Waals surface area contributed by atoms with E-state index in [2.05, 4.69) is 20.4 Å². The molecule has 29 heavy (non-hydrogen) atoms. The predicted octanol–water partition coefficient (Wildman–Crippen LogP) is 3.32. The Hall–Kier alpha value is -3.17. The minimum Gasteiger partial charge on any atom is -0.496 e. The SMILES string of the molecule is CCC[C@H](Nc1nc(N)nc2cn(Cc3c(OC)cccc3OC)nc12)C(F)F. The van der Waals surface area contributed by atoms with Crippen molar-refractivity contribution in [2.75, 3.05) is 25.3 Å². The number of alkyl halides is 2. The molecule has 0 aliphatic rings. The van der Waals surface area contributed by atoms with Gasteiger partial charge in [-0.2, -0.15) is 10.1 Å². The summed E-state index contributed by atoms with van der Waals surface area (Å²) in [6.07, 6.45) is 0.0403. The summed E-state index contributed by atoms with van der Waals surface area (Å²) in [5.41, 5.74) is 7.39. The minimum absolute atomic E-state index is 0.0149. The van der Waals surface area contributed by atoms with Crippen LogP contribution in [0.25, 0.3) is 11.0 Å². The molecule has 0 bridgehead atoms. The smallest absolute Gasteiger partial charge is 0.258 e. The molecule has 0 amide bonds. The van der Waals surface area contributed by atoms with Crippen molar-refractivity contribution in [3.8, 4) is 11.5 Å². The lowest BCUT2D eigenvalue weighted by atomic mass is 10.1. The molecule has 0 radical (unpaired) electrons. The maximum Gasteiger partial charge on any atom is 0.258 e. The van der Waals surface area contributed by atoms with Gasteiger partial charge in [0.1, 0.15) is 17.0 Å². The first-order valence-corrected chi connectivity index (χ1v) is 9.22. The van der Waals surface area contributed by atoms with Crippen molar-refractivity contribution in [1.82, 2.24) is 19.7 Å². The van der Waals surface area contributed by atoms with Crippen LogP contribution in [0.15, 0.2) is 24.4 Å². The molecule has 3 rings (SSSR count). The van der Waals surface area contributed by atoms with E-state index in [0.717, 1.165) is 5.56 Å². The molecule has 0 saturated heterocycles. The number of rotatable bonds is 9. The number of aromatic nitrogens is 4. The molecular weight excluding hydrogens is 382 g/mol. The van der Waals surface area contributed by atoms with Crippen LogP contribution in [0.3, 0.4) is 0 Å². The number of benzene rings is 1. The highest BCUT2D eigenvalue weighted by atomic mass is 19.3. The summed E-state index contributed by atoms with van der Waals surface area (Å²) in [7, 11) is 3.15. The molecule has 156 valence electrons. The van der Waals surface area contributed by atoms with Gasteiger partial charge in [0.05, 0.1) is 38.6 Å². The van der Waals surface area contributed by atoms with Gasteiger partial charge >= 0.3 is 0 Å². The lowest BCUT2D eigenvalue weighted by molar-refractivity contribution is 0.120. The molecule has 3 aromatic rings. The van der Waals surface area contributed by atoms with Gasteiger partial charge in [0.2, 0.25) is 5.95 Å². The van der Waals surface area contributed by atoms with E-state index in [1.165, 1.54) is 0 Å². The number of nitrogen functional groups attached to an aromatic ring is 1. The fraction of sp³-hybridized carbons (Fsp3) is 0.421. The van der Waals surface area contributed by atoms with Crippen LogP contribution in [0.5, 0.6) is 11.5 Å². The van der Waals surface area contributed by atoms with Crippen LogP contribution in [0.2, 0.25) is 0 Å². The van der Waals surface area contributed by atoms with E-state index in [1.807, 2.05) is 25.1 Å². The third-order valence-corrected chi connectivity index (χ3v) is 4.50. The molecular formula is C19H24F2N6O2. The summed E-state index contributed by atoms with van der Waals surface area (Å²) in [4.78, 5) is 8.27. The van der Waals surface area contributed by atoms with Gasteiger partial charge in [0.15, 0.2) is 11.3 Å². The van der Waals surface area contributed by atoms with Gasteiger partial charge in [-0.25, -0.2) is 13.8 Å². The lowest BCUT2D eigenvalue weighted by Gasteiger charge is -2.17. The van der Waals surface area contributed by atoms with E-state index >= 15 is 0 Å². The number of hydrogen-bond acceptors (Lipinski definition) is 7. The highest BCUT2D eigenvalue weighted by Gasteiger charge is 2.22. The fourth-order valence-electron chi connectivity index (χ4n) is 3.15. The van der Waals surface area contributed by atoms with Gasteiger partial charge < -0.3 is 20.5 Å². The first-order valence-electron chi connectivity index (χ1n) is 9.22. The number of nitrogens with zero attached hydrogens (tertiary/aromatic N) is 4. The monoisotopic (exact) mass is 406 g/mol. The van der Waals surface area contributed by atoms with Crippen molar-refractivity contribution >= 4 is 22.8 Å². The average Bonchev–Trinajstić information content (AvgIpc) is 3.10. The van der Waals surface area contributed by atoms with Crippen LogP contribution in [0.4, 0.5) is 20.5 Å². The van der Waals surface area contributed by atoms with E-state index in [9.17, 15) is 8.78 Å². The minimum atomic E-state index is -2.54. The molecule has 8 nitrogen and oxygen atoms in total. The molecule has 1 atom stereocenters. The Morgan fingerprint density at radius 1 is 1.17 bits per heavy atom. The molecule has 3 N–H and O–H groups in total. The second kappa shape index (κ2) is 8.89. The summed E-state index contributed by atoms with van der Waals surface area (Å²) in [5, 5.41) is 7.27. The van der Waals surface area contributed by atoms with Crippen LogP contribution >= 0.6 is 0 Å². The molecule has 1 aromatic carbocycles. The number of ether oxygens (including phenoxy) is 2. The van der Waals surface area contributed by atoms with Gasteiger partial charge in [-0.05, 0) is 18.6 Å². The number of nitrogens with one attached hydrogen (secondary N) is 1. The molecule has 0 aliphatic heterocycles. The zero-order chi connectivity index (χ0) is 21.0. The number of halogens is 2. The lowest BCUT2D eigenvalue weighted by Crippen LogP contribution is -2.28. The Balaban J connectivity index is 1.99. The van der Waals surface area contributed by atoms with Crippen molar-refractivity contribution < 1.29 is 18.3 Å². The van der Waals surface area contributed by atoms with Crippen molar-refractivity contribution in [3.63, 3.8) is 0 Å². The largest absolute Gasteiger partial charge is 0.496 e. The third-order valence-electron chi connectivity index (χ3n) is 4.50. The van der Waals surface area contributed by atoms with Gasteiger partial charge in [-0.1, -0.05) is 19.4 Å². The Morgan fingerprint density at radius 2 is 1.86 bits per heavy atom. The van der Waals surface area contributed by atoms with E-state index in [1.54, 1.807) is 25.1 Å². The maximum atomic E-state index is 13.3. The standard InChI is InChI=1S/C19H24F2N6O2/c1-4-6-12(17(20)21)23-18-16-13(24-19(22)25-18)10-27(26-16)9-11-14(28-2)7-5-8-15(11)29-3/h5,7-8,10,12,17H,4,6,9H2,1-3H3,(H3,22,23,24,25)/t12-/m0/s1. The number of fused-ring (bicyclic) bond motifs is 1. The van der Waals surface area contributed by atoms with E-state index < -0.39 is 12.5 Å². The normalized spacial score (nSPS) is 12.3. The molecule has 2 heterocycles. The second-order valence-corrected chi connectivity index (χ2v) is 6.51. The van der Waals surface area contributed by atoms with E-state index in [0.29, 0.717) is 41.9 Å². The third kappa shape index (κ3) is 4.47. The molecule has 0 fully saturated rings. The molecule has 0 unspecified atom stereocenters. The summed E-state index contributed by atoms with van der Waals surface area (Å²) in [5.74, 6) is 1.47. The number of hydrogen-bond donors (Lipinski definition) is 2. The number of anilines is 2. The highest BCUT2D eigenvalue weighted by molar-refractivity contribution is 5.86. The first kappa shape index (κ1) is 20.6. The van der Waals surface area contributed by atoms with E-state index in [4.69, 9.17) is 15.2 Å². The zero-order valence-corrected chi connectivity index (χ0v) is 16.5. The second-order valence-electron chi connectivity index (χ2n) is 6.51. The van der Waals surface area contributed by atoms with Crippen LogP contribution in [-0.4, -0.2) is 46.4 Å². The van der Waals surface area contributed by atoms with Crippen LogP contribution < -0.4 is 20.5 Å². The van der Waals surface area contributed by atoms with Crippen molar-refractivity contribution in [1.29, 1.82) is 0 Å². The van der Waals surface area contributed by atoms with Crippen LogP contribution in [0.1, 0.15) is 25.3 Å². The average molecular weight is 406 g/mol. The van der Waals surface area contributed by atoms with Crippen molar-refractivity contribution in [2.45, 2.75) is 38.8 Å². The fourth-order valence-corrected chi connectivity index (χ4v) is 3.15. The first-order chi connectivity index (χ1) is 14.0. The Morgan fingerprint density at radius 3 is 2.45 bits per heavy atom. The van der Waals surface area contributed by atoms with Gasteiger partial charge in [0, 0.05) is 0 Å². The van der Waals surface area contributed by atoms with Gasteiger partial charge in [-0.3, -0.25) is 4.68 Å². The van der Waals surface area contributed by atoms with Crippen LogP contribution in [0, 0.1) is 0 Å². The number of nitrogens with two attached hydrogens (primary N) is 1. The maximum absolute atomic E-state index is 13.3. The zero-order valence-electron chi connectivity index (χ0n) is 16.5. The summed E-state index contributed by atoms with van der Waals surface area (Å²) < 4.78 is 39.1. The van der Waals surface area contributed by atoms with Gasteiger partial charge in [-0.15, -0.1) is 0 Å². The highest BCUT2D eigenvalue weighted by Crippen LogP contribution is 2.30. The molecule has 10 heteroatoms. The van der Waals surface area contributed by atoms with Gasteiger partial charge in [0.25, 0.3) is 6.43 Å². The Kier molecular flexibility index (Phi) is 6.30. The quantitative estimate of drug-likeness (QED) is 0.562. The van der Waals surface area contributed by atoms with Crippen molar-refractivity contribution in [3.05, 3.63) is 30.0 Å². The van der Waals surface area contributed by atoms with Crippen molar-refractivity contribution in [2.24, 2.45) is 0 Å². The molecule has 0 aliphatic carbocycles. The molecule has 0 saturated carbocycles. The number of methoxy groups -OCH3 is 2. The summed E-state index contributed by atoms with van der Waals surface area (Å²) in [6, 6.07) is 4.43. The summed E-state index contributed by atoms with van der Waals surface area (Å²) in [6.45, 7) is 2.17. The molecule has 2 aromatic heterocycles. The molecule has 0 spiro atoms. The Bertz CT molecular complexity index is 956. The topological polar surface area (TPSA) is 100 Å².